The van der Waals surface area contributed by atoms with E-state index in [1.807, 2.05) is 47.1 Å². The van der Waals surface area contributed by atoms with Gasteiger partial charge in [0.15, 0.2) is 0 Å². The number of rotatable bonds is 5. The van der Waals surface area contributed by atoms with Gasteiger partial charge in [-0.15, -0.1) is 0 Å². The highest BCUT2D eigenvalue weighted by atomic mass is 19.1. The fraction of sp³-hybridized carbons (Fsp3) is 0.294. The molecule has 1 saturated heterocycles. The Morgan fingerprint density at radius 3 is 2.61 bits per heavy atom. The molecule has 0 spiro atoms. The number of imidazole rings is 1. The van der Waals surface area contributed by atoms with Crippen LogP contribution in [0.15, 0.2) is 42.7 Å². The zero-order chi connectivity index (χ0) is 15.6. The Kier molecular flexibility index (Phi) is 3.57. The minimum Gasteiger partial charge on any atom is -0.491 e. The summed E-state index contributed by atoms with van der Waals surface area (Å²) in [5, 5.41) is 0. The molecule has 5 nitrogen and oxygen atoms in total. The Balaban J connectivity index is 1.60. The minimum atomic E-state index is -0.487. The molecule has 1 aromatic carbocycles. The van der Waals surface area contributed by atoms with E-state index >= 15 is 0 Å². The first kappa shape index (κ1) is 14.0. The number of hydrogen-bond acceptors (Lipinski definition) is 4. The number of nitrogens with zero attached hydrogens (tertiary/aromatic N) is 4. The molecular weight excluding hydrogens is 295 g/mol. The van der Waals surface area contributed by atoms with Crippen LogP contribution in [0.3, 0.4) is 0 Å². The Hall–Kier alpha value is -2.63. The van der Waals surface area contributed by atoms with E-state index in [1.165, 1.54) is 6.42 Å². The Bertz CT molecular complexity index is 811. The third kappa shape index (κ3) is 2.72. The van der Waals surface area contributed by atoms with E-state index in [4.69, 9.17) is 4.74 Å². The molecule has 1 aliphatic heterocycles. The van der Waals surface area contributed by atoms with E-state index < -0.39 is 6.67 Å². The van der Waals surface area contributed by atoms with Crippen LogP contribution >= 0.6 is 0 Å². The molecule has 0 saturated carbocycles. The molecule has 23 heavy (non-hydrogen) atoms. The van der Waals surface area contributed by atoms with Crippen LogP contribution < -0.4 is 9.64 Å². The van der Waals surface area contributed by atoms with Gasteiger partial charge in [0.05, 0.1) is 5.69 Å². The number of aromatic nitrogens is 3. The molecule has 2 aromatic heterocycles. The lowest BCUT2D eigenvalue weighted by Crippen LogP contribution is -2.37. The number of anilines is 1. The van der Waals surface area contributed by atoms with Crippen LogP contribution in [0.4, 0.5) is 10.2 Å². The molecule has 4 rings (SSSR count). The molecule has 0 aliphatic carbocycles. The van der Waals surface area contributed by atoms with E-state index in [-0.39, 0.29) is 6.61 Å². The number of ether oxygens (including phenoxy) is 1. The quantitative estimate of drug-likeness (QED) is 0.726. The maximum atomic E-state index is 12.1. The van der Waals surface area contributed by atoms with Crippen LogP contribution in [0.2, 0.25) is 0 Å². The molecule has 118 valence electrons. The number of halogens is 1. The molecule has 0 atom stereocenters. The van der Waals surface area contributed by atoms with Crippen molar-refractivity contribution in [3.05, 3.63) is 42.7 Å². The van der Waals surface area contributed by atoms with Crippen LogP contribution in [0.25, 0.3) is 17.0 Å². The summed E-state index contributed by atoms with van der Waals surface area (Å²) in [6.07, 6.45) is 5.17. The second-order valence-corrected chi connectivity index (χ2v) is 5.52. The van der Waals surface area contributed by atoms with Gasteiger partial charge in [-0.05, 0) is 36.8 Å². The van der Waals surface area contributed by atoms with Gasteiger partial charge in [0.25, 0.3) is 0 Å². The molecule has 0 N–H and O–H groups in total. The largest absolute Gasteiger partial charge is 0.491 e. The predicted molar refractivity (Wildman–Crippen MR) is 86.7 cm³/mol. The molecule has 1 aliphatic rings. The van der Waals surface area contributed by atoms with E-state index in [2.05, 4.69) is 14.9 Å². The standard InChI is InChI=1S/C17H17FN4O/c18-7-11-23-14-4-2-13(3-5-14)15-12-22-10-6-16(20-17(22)19-15)21-8-1-9-21/h2-6,10,12H,1,7-9,11H2. The third-order valence-corrected chi connectivity index (χ3v) is 3.99. The van der Waals surface area contributed by atoms with Crippen molar-refractivity contribution >= 4 is 11.6 Å². The normalized spacial score (nSPS) is 14.0. The second kappa shape index (κ2) is 5.87. The van der Waals surface area contributed by atoms with Gasteiger partial charge in [-0.2, -0.15) is 4.98 Å². The molecule has 1 fully saturated rings. The van der Waals surface area contributed by atoms with Crippen molar-refractivity contribution in [1.82, 2.24) is 14.4 Å². The lowest BCUT2D eigenvalue weighted by molar-refractivity contribution is 0.273. The predicted octanol–water partition coefficient (Wildman–Crippen LogP) is 2.95. The number of benzene rings is 1. The first-order valence-corrected chi connectivity index (χ1v) is 7.73. The fourth-order valence-corrected chi connectivity index (χ4v) is 2.60. The summed E-state index contributed by atoms with van der Waals surface area (Å²) < 4.78 is 19.3. The average Bonchev–Trinajstić information content (AvgIpc) is 2.95. The molecule has 0 amide bonds. The van der Waals surface area contributed by atoms with Gasteiger partial charge in [-0.3, -0.25) is 4.40 Å². The van der Waals surface area contributed by atoms with E-state index in [0.717, 1.165) is 30.2 Å². The third-order valence-electron chi connectivity index (χ3n) is 3.99. The van der Waals surface area contributed by atoms with Crippen LogP contribution in [-0.4, -0.2) is 40.7 Å². The highest BCUT2D eigenvalue weighted by molar-refractivity contribution is 5.63. The SMILES string of the molecule is FCCOc1ccc(-c2cn3ccc(N4CCC4)nc3n2)cc1. The molecule has 3 heterocycles. The van der Waals surface area contributed by atoms with Crippen molar-refractivity contribution in [2.24, 2.45) is 0 Å². The molecule has 0 bridgehead atoms. The molecular formula is C17H17FN4O. The summed E-state index contributed by atoms with van der Waals surface area (Å²) in [4.78, 5) is 11.5. The number of fused-ring (bicyclic) bond motifs is 1. The van der Waals surface area contributed by atoms with Crippen LogP contribution in [0.1, 0.15) is 6.42 Å². The minimum absolute atomic E-state index is 0.0803. The molecule has 0 radical (unpaired) electrons. The van der Waals surface area contributed by atoms with Crippen LogP contribution in [0.5, 0.6) is 5.75 Å². The smallest absolute Gasteiger partial charge is 0.236 e. The lowest BCUT2D eigenvalue weighted by atomic mass is 10.2. The molecule has 6 heteroatoms. The number of hydrogen-bond donors (Lipinski definition) is 0. The van der Waals surface area contributed by atoms with Crippen LogP contribution in [-0.2, 0) is 0 Å². The second-order valence-electron chi connectivity index (χ2n) is 5.52. The van der Waals surface area contributed by atoms with Gasteiger partial charge in [0.1, 0.15) is 24.8 Å². The first-order chi connectivity index (χ1) is 11.3. The van der Waals surface area contributed by atoms with Gasteiger partial charge in [0, 0.05) is 31.0 Å². The maximum absolute atomic E-state index is 12.1. The Morgan fingerprint density at radius 2 is 1.91 bits per heavy atom. The fourth-order valence-electron chi connectivity index (χ4n) is 2.60. The summed E-state index contributed by atoms with van der Waals surface area (Å²) in [5.41, 5.74) is 1.84. The summed E-state index contributed by atoms with van der Waals surface area (Å²) in [6, 6.07) is 9.52. The maximum Gasteiger partial charge on any atom is 0.236 e. The Morgan fingerprint density at radius 1 is 1.09 bits per heavy atom. The summed E-state index contributed by atoms with van der Waals surface area (Å²) in [6.45, 7) is 1.73. The lowest BCUT2D eigenvalue weighted by Gasteiger charge is -2.31. The van der Waals surface area contributed by atoms with Gasteiger partial charge in [-0.1, -0.05) is 0 Å². The van der Waals surface area contributed by atoms with E-state index in [9.17, 15) is 4.39 Å². The zero-order valence-corrected chi connectivity index (χ0v) is 12.7. The van der Waals surface area contributed by atoms with Gasteiger partial charge in [0.2, 0.25) is 5.78 Å². The molecule has 0 unspecified atom stereocenters. The van der Waals surface area contributed by atoms with E-state index in [1.54, 1.807) is 0 Å². The van der Waals surface area contributed by atoms with Crippen molar-refractivity contribution in [3.63, 3.8) is 0 Å². The van der Waals surface area contributed by atoms with Gasteiger partial charge < -0.3 is 9.64 Å². The number of alkyl halides is 1. The van der Waals surface area contributed by atoms with E-state index in [0.29, 0.717) is 11.5 Å². The van der Waals surface area contributed by atoms with Crippen LogP contribution in [0, 0.1) is 0 Å². The summed E-state index contributed by atoms with van der Waals surface area (Å²) in [5.74, 6) is 2.34. The van der Waals surface area contributed by atoms with Crippen molar-refractivity contribution in [2.75, 3.05) is 31.3 Å². The first-order valence-electron chi connectivity index (χ1n) is 7.73. The zero-order valence-electron chi connectivity index (χ0n) is 12.7. The van der Waals surface area contributed by atoms with Crippen molar-refractivity contribution in [3.8, 4) is 17.0 Å². The highest BCUT2D eigenvalue weighted by Crippen LogP contribution is 2.23. The van der Waals surface area contributed by atoms with Crippen molar-refractivity contribution in [2.45, 2.75) is 6.42 Å². The topological polar surface area (TPSA) is 42.7 Å². The Labute approximate surface area is 133 Å². The monoisotopic (exact) mass is 312 g/mol. The molecule has 3 aromatic rings. The van der Waals surface area contributed by atoms with Gasteiger partial charge in [-0.25, -0.2) is 9.37 Å². The highest BCUT2D eigenvalue weighted by Gasteiger charge is 2.16. The summed E-state index contributed by atoms with van der Waals surface area (Å²) >= 11 is 0. The van der Waals surface area contributed by atoms with Crippen molar-refractivity contribution < 1.29 is 9.13 Å². The summed E-state index contributed by atoms with van der Waals surface area (Å²) in [7, 11) is 0. The average molecular weight is 312 g/mol. The van der Waals surface area contributed by atoms with Gasteiger partial charge >= 0.3 is 0 Å². The van der Waals surface area contributed by atoms with Crippen molar-refractivity contribution in [1.29, 1.82) is 0 Å².